The molecule has 4 heteroatoms. The van der Waals surface area contributed by atoms with Gasteiger partial charge in [0.05, 0.1) is 0 Å². The number of H-pyrrole nitrogens is 1. The monoisotopic (exact) mass is 271 g/mol. The van der Waals surface area contributed by atoms with E-state index < -0.39 is 0 Å². The first kappa shape index (κ1) is 13.2. The lowest BCUT2D eigenvalue weighted by molar-refractivity contribution is -0.129. The highest BCUT2D eigenvalue weighted by Crippen LogP contribution is 2.18. The van der Waals surface area contributed by atoms with Crippen molar-refractivity contribution in [1.82, 2.24) is 15.2 Å². The summed E-state index contributed by atoms with van der Waals surface area (Å²) in [6.07, 6.45) is 4.17. The number of nitrogens with zero attached hydrogens (tertiary/aromatic N) is 1. The Hall–Kier alpha value is -1.81. The summed E-state index contributed by atoms with van der Waals surface area (Å²) < 4.78 is 0. The fourth-order valence-corrected chi connectivity index (χ4v) is 2.93. The topological polar surface area (TPSA) is 48.1 Å². The standard InChI is InChI=1S/C16H21N3O/c1-12(20)19-8-6-14(7-9-19)17-10-13-11-18-16-5-3-2-4-15(13)16/h2-5,11,14,17-18H,6-10H2,1H3. The molecule has 1 amide bonds. The van der Waals surface area contributed by atoms with Gasteiger partial charge in [0.15, 0.2) is 0 Å². The Kier molecular flexibility index (Phi) is 3.74. The average Bonchev–Trinajstić information content (AvgIpc) is 2.89. The lowest BCUT2D eigenvalue weighted by atomic mass is 10.0. The van der Waals surface area contributed by atoms with Gasteiger partial charge in [-0.2, -0.15) is 0 Å². The quantitative estimate of drug-likeness (QED) is 0.899. The summed E-state index contributed by atoms with van der Waals surface area (Å²) in [5, 5.41) is 4.91. The van der Waals surface area contributed by atoms with Crippen LogP contribution in [0.2, 0.25) is 0 Å². The van der Waals surface area contributed by atoms with E-state index in [-0.39, 0.29) is 5.91 Å². The molecule has 2 heterocycles. The second kappa shape index (κ2) is 5.67. The molecular formula is C16H21N3O. The van der Waals surface area contributed by atoms with E-state index in [2.05, 4.69) is 34.7 Å². The Morgan fingerprint density at radius 2 is 2.10 bits per heavy atom. The van der Waals surface area contributed by atoms with Crippen molar-refractivity contribution in [2.75, 3.05) is 13.1 Å². The Labute approximate surface area is 119 Å². The highest BCUT2D eigenvalue weighted by molar-refractivity contribution is 5.82. The maximum atomic E-state index is 11.3. The molecule has 2 N–H and O–H groups in total. The fourth-order valence-electron chi connectivity index (χ4n) is 2.93. The van der Waals surface area contributed by atoms with Crippen molar-refractivity contribution in [3.05, 3.63) is 36.0 Å². The molecule has 1 saturated heterocycles. The van der Waals surface area contributed by atoms with E-state index in [1.807, 2.05) is 11.0 Å². The van der Waals surface area contributed by atoms with Crippen LogP contribution >= 0.6 is 0 Å². The zero-order valence-corrected chi connectivity index (χ0v) is 11.9. The minimum atomic E-state index is 0.195. The van der Waals surface area contributed by atoms with Crippen LogP contribution in [0.5, 0.6) is 0 Å². The number of piperidine rings is 1. The summed E-state index contributed by atoms with van der Waals surface area (Å²) in [5.41, 5.74) is 2.50. The van der Waals surface area contributed by atoms with Gasteiger partial charge in [0.2, 0.25) is 5.91 Å². The van der Waals surface area contributed by atoms with Crippen molar-refractivity contribution >= 4 is 16.8 Å². The van der Waals surface area contributed by atoms with E-state index in [1.165, 1.54) is 16.5 Å². The number of aromatic nitrogens is 1. The molecule has 3 rings (SSSR count). The molecule has 0 spiro atoms. The predicted molar refractivity (Wildman–Crippen MR) is 80.4 cm³/mol. The number of carbonyl (C=O) groups excluding carboxylic acids is 1. The van der Waals surface area contributed by atoms with Crippen LogP contribution in [0.3, 0.4) is 0 Å². The van der Waals surface area contributed by atoms with Crippen LogP contribution in [0.15, 0.2) is 30.5 Å². The number of para-hydroxylation sites is 1. The van der Waals surface area contributed by atoms with Gasteiger partial charge in [0, 0.05) is 49.7 Å². The number of fused-ring (bicyclic) bond motifs is 1. The Bertz CT molecular complexity index is 597. The number of benzene rings is 1. The minimum Gasteiger partial charge on any atom is -0.361 e. The molecule has 106 valence electrons. The van der Waals surface area contributed by atoms with Crippen LogP contribution in [0.25, 0.3) is 10.9 Å². The van der Waals surface area contributed by atoms with Crippen LogP contribution in [-0.2, 0) is 11.3 Å². The third-order valence-corrected chi connectivity index (χ3v) is 4.20. The molecule has 20 heavy (non-hydrogen) atoms. The molecular weight excluding hydrogens is 250 g/mol. The van der Waals surface area contributed by atoms with E-state index in [9.17, 15) is 4.79 Å². The lowest BCUT2D eigenvalue weighted by Crippen LogP contribution is -2.43. The molecule has 2 aromatic rings. The molecule has 1 aromatic carbocycles. The van der Waals surface area contributed by atoms with Gasteiger partial charge < -0.3 is 15.2 Å². The summed E-state index contributed by atoms with van der Waals surface area (Å²) in [5.74, 6) is 0.195. The fraction of sp³-hybridized carbons (Fsp3) is 0.438. The van der Waals surface area contributed by atoms with Crippen LogP contribution < -0.4 is 5.32 Å². The Balaban J connectivity index is 1.57. The molecule has 0 radical (unpaired) electrons. The molecule has 4 nitrogen and oxygen atoms in total. The maximum Gasteiger partial charge on any atom is 0.219 e. The first-order valence-electron chi connectivity index (χ1n) is 7.28. The van der Waals surface area contributed by atoms with Gasteiger partial charge in [-0.05, 0) is 24.5 Å². The number of carbonyl (C=O) groups is 1. The van der Waals surface area contributed by atoms with Crippen LogP contribution in [0.1, 0.15) is 25.3 Å². The Morgan fingerprint density at radius 1 is 1.35 bits per heavy atom. The van der Waals surface area contributed by atoms with Crippen molar-refractivity contribution in [1.29, 1.82) is 0 Å². The second-order valence-electron chi connectivity index (χ2n) is 5.52. The number of amides is 1. The summed E-state index contributed by atoms with van der Waals surface area (Å²) in [6, 6.07) is 8.89. The third-order valence-electron chi connectivity index (χ3n) is 4.20. The lowest BCUT2D eigenvalue weighted by Gasteiger charge is -2.31. The van der Waals surface area contributed by atoms with E-state index in [0.717, 1.165) is 32.5 Å². The van der Waals surface area contributed by atoms with E-state index in [4.69, 9.17) is 0 Å². The van der Waals surface area contributed by atoms with Crippen molar-refractivity contribution in [3.63, 3.8) is 0 Å². The van der Waals surface area contributed by atoms with Crippen molar-refractivity contribution in [2.24, 2.45) is 0 Å². The minimum absolute atomic E-state index is 0.195. The number of rotatable bonds is 3. The van der Waals surface area contributed by atoms with Gasteiger partial charge in [0.1, 0.15) is 0 Å². The number of hydrogen-bond donors (Lipinski definition) is 2. The smallest absolute Gasteiger partial charge is 0.219 e. The molecule has 0 unspecified atom stereocenters. The highest BCUT2D eigenvalue weighted by Gasteiger charge is 2.20. The molecule has 0 saturated carbocycles. The first-order chi connectivity index (χ1) is 9.74. The van der Waals surface area contributed by atoms with Crippen LogP contribution in [-0.4, -0.2) is 34.9 Å². The SMILES string of the molecule is CC(=O)N1CCC(NCc2c[nH]c3ccccc23)CC1. The molecule has 0 bridgehead atoms. The summed E-state index contributed by atoms with van der Waals surface area (Å²) in [6.45, 7) is 4.29. The van der Waals surface area contributed by atoms with Crippen molar-refractivity contribution in [3.8, 4) is 0 Å². The molecule has 1 aromatic heterocycles. The maximum absolute atomic E-state index is 11.3. The summed E-state index contributed by atoms with van der Waals surface area (Å²) in [4.78, 5) is 16.5. The largest absolute Gasteiger partial charge is 0.361 e. The predicted octanol–water partition coefficient (Wildman–Crippen LogP) is 2.27. The van der Waals surface area contributed by atoms with E-state index in [1.54, 1.807) is 6.92 Å². The van der Waals surface area contributed by atoms with Gasteiger partial charge in [-0.15, -0.1) is 0 Å². The molecule has 1 aliphatic heterocycles. The average molecular weight is 271 g/mol. The van der Waals surface area contributed by atoms with E-state index in [0.29, 0.717) is 6.04 Å². The van der Waals surface area contributed by atoms with Crippen molar-refractivity contribution < 1.29 is 4.79 Å². The normalized spacial score (nSPS) is 16.8. The van der Waals surface area contributed by atoms with Gasteiger partial charge in [-0.1, -0.05) is 18.2 Å². The van der Waals surface area contributed by atoms with Gasteiger partial charge in [-0.3, -0.25) is 4.79 Å². The molecule has 0 atom stereocenters. The molecule has 0 aliphatic carbocycles. The number of aromatic amines is 1. The number of hydrogen-bond acceptors (Lipinski definition) is 2. The third kappa shape index (κ3) is 2.70. The summed E-state index contributed by atoms with van der Waals surface area (Å²) >= 11 is 0. The van der Waals surface area contributed by atoms with Gasteiger partial charge in [-0.25, -0.2) is 0 Å². The second-order valence-corrected chi connectivity index (χ2v) is 5.52. The zero-order chi connectivity index (χ0) is 13.9. The first-order valence-corrected chi connectivity index (χ1v) is 7.28. The van der Waals surface area contributed by atoms with Crippen LogP contribution in [0, 0.1) is 0 Å². The van der Waals surface area contributed by atoms with Gasteiger partial charge >= 0.3 is 0 Å². The molecule has 1 aliphatic rings. The van der Waals surface area contributed by atoms with Crippen LogP contribution in [0.4, 0.5) is 0 Å². The van der Waals surface area contributed by atoms with Crippen molar-refractivity contribution in [2.45, 2.75) is 32.4 Å². The van der Waals surface area contributed by atoms with Gasteiger partial charge in [0.25, 0.3) is 0 Å². The summed E-state index contributed by atoms with van der Waals surface area (Å²) in [7, 11) is 0. The number of nitrogens with one attached hydrogen (secondary N) is 2. The highest BCUT2D eigenvalue weighted by atomic mass is 16.2. The Morgan fingerprint density at radius 3 is 2.85 bits per heavy atom. The van der Waals surface area contributed by atoms with E-state index >= 15 is 0 Å². The number of likely N-dealkylation sites (tertiary alicyclic amines) is 1. The zero-order valence-electron chi connectivity index (χ0n) is 11.9. The molecule has 1 fully saturated rings.